The average molecular weight is 250 g/mol. The molecule has 0 aliphatic heterocycles. The van der Waals surface area contributed by atoms with Crippen molar-refractivity contribution in [2.24, 2.45) is 0 Å². The number of benzene rings is 1. The summed E-state index contributed by atoms with van der Waals surface area (Å²) in [6, 6.07) is 8.79. The Morgan fingerprint density at radius 1 is 1.18 bits per heavy atom. The van der Waals surface area contributed by atoms with Gasteiger partial charge in [-0.25, -0.2) is 4.39 Å². The van der Waals surface area contributed by atoms with Crippen LogP contribution in [0.1, 0.15) is 22.2 Å². The van der Waals surface area contributed by atoms with Crippen molar-refractivity contribution >= 4 is 11.3 Å². The third kappa shape index (κ3) is 3.07. The molecule has 0 amide bonds. The summed E-state index contributed by atoms with van der Waals surface area (Å²) in [7, 11) is 0. The molecule has 0 saturated carbocycles. The lowest BCUT2D eigenvalue weighted by atomic mass is 10.2. The van der Waals surface area contributed by atoms with Crippen molar-refractivity contribution in [1.29, 1.82) is 0 Å². The van der Waals surface area contributed by atoms with Gasteiger partial charge >= 0.3 is 0 Å². The van der Waals surface area contributed by atoms with Gasteiger partial charge in [0.25, 0.3) is 0 Å². The van der Waals surface area contributed by atoms with E-state index in [0.717, 1.165) is 12.0 Å². The van der Waals surface area contributed by atoms with E-state index in [1.54, 1.807) is 17.4 Å². The Morgan fingerprint density at radius 2 is 1.94 bits per heavy atom. The van der Waals surface area contributed by atoms with E-state index in [4.69, 9.17) is 4.74 Å². The summed E-state index contributed by atoms with van der Waals surface area (Å²) in [6.45, 7) is 4.56. The SMILES string of the molecule is CCc1ccc(COc2cc(F)ccc2C)s1. The minimum Gasteiger partial charge on any atom is -0.488 e. The Morgan fingerprint density at radius 3 is 2.65 bits per heavy atom. The van der Waals surface area contributed by atoms with Crippen molar-refractivity contribution in [2.45, 2.75) is 26.9 Å². The van der Waals surface area contributed by atoms with Crippen LogP contribution in [0.3, 0.4) is 0 Å². The third-order valence-corrected chi connectivity index (χ3v) is 3.79. The maximum Gasteiger partial charge on any atom is 0.126 e. The summed E-state index contributed by atoms with van der Waals surface area (Å²) in [5.41, 5.74) is 0.957. The monoisotopic (exact) mass is 250 g/mol. The van der Waals surface area contributed by atoms with Crippen LogP contribution in [0.4, 0.5) is 4.39 Å². The summed E-state index contributed by atoms with van der Waals surface area (Å²) in [6.07, 6.45) is 1.05. The van der Waals surface area contributed by atoms with Gasteiger partial charge < -0.3 is 4.74 Å². The fourth-order valence-corrected chi connectivity index (χ4v) is 2.44. The molecule has 0 aliphatic rings. The van der Waals surface area contributed by atoms with Crippen molar-refractivity contribution in [1.82, 2.24) is 0 Å². The second-order valence-corrected chi connectivity index (χ2v) is 5.17. The van der Waals surface area contributed by atoms with Crippen LogP contribution in [-0.4, -0.2) is 0 Å². The number of aryl methyl sites for hydroxylation is 2. The van der Waals surface area contributed by atoms with Crippen LogP contribution in [0.25, 0.3) is 0 Å². The maximum absolute atomic E-state index is 13.1. The highest BCUT2D eigenvalue weighted by Gasteiger charge is 2.03. The normalized spacial score (nSPS) is 10.5. The van der Waals surface area contributed by atoms with Gasteiger partial charge in [0.15, 0.2) is 0 Å². The molecule has 90 valence electrons. The second kappa shape index (κ2) is 5.32. The zero-order valence-electron chi connectivity index (χ0n) is 10.00. The summed E-state index contributed by atoms with van der Waals surface area (Å²) >= 11 is 1.74. The van der Waals surface area contributed by atoms with E-state index >= 15 is 0 Å². The van der Waals surface area contributed by atoms with Crippen LogP contribution in [0.15, 0.2) is 30.3 Å². The summed E-state index contributed by atoms with van der Waals surface area (Å²) in [4.78, 5) is 2.52. The minimum atomic E-state index is -0.258. The first kappa shape index (κ1) is 12.1. The molecule has 1 heterocycles. The molecule has 3 heteroatoms. The molecule has 17 heavy (non-hydrogen) atoms. The van der Waals surface area contributed by atoms with Crippen molar-refractivity contribution in [2.75, 3.05) is 0 Å². The van der Waals surface area contributed by atoms with E-state index in [0.29, 0.717) is 12.4 Å². The molecule has 1 aromatic heterocycles. The van der Waals surface area contributed by atoms with Crippen LogP contribution in [0.5, 0.6) is 5.75 Å². The van der Waals surface area contributed by atoms with Crippen molar-refractivity contribution < 1.29 is 9.13 Å². The van der Waals surface area contributed by atoms with E-state index in [1.165, 1.54) is 21.9 Å². The van der Waals surface area contributed by atoms with Gasteiger partial charge in [0.2, 0.25) is 0 Å². The highest BCUT2D eigenvalue weighted by Crippen LogP contribution is 2.22. The fraction of sp³-hybridized carbons (Fsp3) is 0.286. The van der Waals surface area contributed by atoms with E-state index in [-0.39, 0.29) is 5.82 Å². The van der Waals surface area contributed by atoms with Gasteiger partial charge in [-0.05, 0) is 37.1 Å². The molecule has 0 aliphatic carbocycles. The number of hydrogen-bond acceptors (Lipinski definition) is 2. The van der Waals surface area contributed by atoms with Crippen molar-refractivity contribution in [3.05, 3.63) is 51.5 Å². The first-order chi connectivity index (χ1) is 8.19. The Labute approximate surface area is 105 Å². The minimum absolute atomic E-state index is 0.258. The number of hydrogen-bond donors (Lipinski definition) is 0. The molecule has 0 fully saturated rings. The lowest BCUT2D eigenvalue weighted by molar-refractivity contribution is 0.306. The summed E-state index contributed by atoms with van der Waals surface area (Å²) in [5.74, 6) is 0.363. The lowest BCUT2D eigenvalue weighted by Crippen LogP contribution is -1.95. The standard InChI is InChI=1S/C14H15FOS/c1-3-12-6-7-13(17-12)9-16-14-8-11(15)5-4-10(14)2/h4-8H,3,9H2,1-2H3. The van der Waals surface area contributed by atoms with Crippen LogP contribution < -0.4 is 4.74 Å². The van der Waals surface area contributed by atoms with E-state index in [2.05, 4.69) is 19.1 Å². The highest BCUT2D eigenvalue weighted by atomic mass is 32.1. The highest BCUT2D eigenvalue weighted by molar-refractivity contribution is 7.11. The van der Waals surface area contributed by atoms with Gasteiger partial charge in [-0.1, -0.05) is 13.0 Å². The number of rotatable bonds is 4. The molecule has 2 rings (SSSR count). The molecule has 0 atom stereocenters. The van der Waals surface area contributed by atoms with Gasteiger partial charge in [0, 0.05) is 15.8 Å². The Balaban J connectivity index is 2.04. The first-order valence-corrected chi connectivity index (χ1v) is 6.47. The maximum atomic E-state index is 13.1. The summed E-state index contributed by atoms with van der Waals surface area (Å²) < 4.78 is 18.7. The van der Waals surface area contributed by atoms with Gasteiger partial charge in [-0.15, -0.1) is 11.3 Å². The van der Waals surface area contributed by atoms with Gasteiger partial charge in [-0.3, -0.25) is 0 Å². The summed E-state index contributed by atoms with van der Waals surface area (Å²) in [5, 5.41) is 0. The van der Waals surface area contributed by atoms with E-state index < -0.39 is 0 Å². The number of thiophene rings is 1. The second-order valence-electron chi connectivity index (χ2n) is 3.92. The fourth-order valence-electron chi connectivity index (χ4n) is 1.57. The first-order valence-electron chi connectivity index (χ1n) is 5.65. The quantitative estimate of drug-likeness (QED) is 0.784. The Kier molecular flexibility index (Phi) is 3.79. The Bertz CT molecular complexity index is 505. The zero-order valence-corrected chi connectivity index (χ0v) is 10.8. The molecule has 0 unspecified atom stereocenters. The zero-order chi connectivity index (χ0) is 12.3. The Hall–Kier alpha value is -1.35. The van der Waals surface area contributed by atoms with Crippen molar-refractivity contribution in [3.63, 3.8) is 0 Å². The molecule has 1 aromatic carbocycles. The van der Waals surface area contributed by atoms with Crippen LogP contribution >= 0.6 is 11.3 Å². The lowest BCUT2D eigenvalue weighted by Gasteiger charge is -2.07. The van der Waals surface area contributed by atoms with E-state index in [1.807, 2.05) is 6.92 Å². The molecule has 0 radical (unpaired) electrons. The predicted molar refractivity (Wildman–Crippen MR) is 69.2 cm³/mol. The molecule has 2 aromatic rings. The van der Waals surface area contributed by atoms with Crippen molar-refractivity contribution in [3.8, 4) is 5.75 Å². The molecule has 0 bridgehead atoms. The van der Waals surface area contributed by atoms with Crippen LogP contribution in [0.2, 0.25) is 0 Å². The number of halogens is 1. The topological polar surface area (TPSA) is 9.23 Å². The van der Waals surface area contributed by atoms with Gasteiger partial charge in [0.1, 0.15) is 18.2 Å². The number of ether oxygens (including phenoxy) is 1. The predicted octanol–water partition coefficient (Wildman–Crippen LogP) is 4.34. The molecule has 1 nitrogen and oxygen atoms in total. The van der Waals surface area contributed by atoms with Gasteiger partial charge in [0.05, 0.1) is 0 Å². The molecule has 0 spiro atoms. The largest absolute Gasteiger partial charge is 0.488 e. The molecular weight excluding hydrogens is 235 g/mol. The molecule has 0 saturated heterocycles. The molecule has 0 N–H and O–H groups in total. The third-order valence-electron chi connectivity index (χ3n) is 2.59. The van der Waals surface area contributed by atoms with E-state index in [9.17, 15) is 4.39 Å². The average Bonchev–Trinajstić information content (AvgIpc) is 2.78. The smallest absolute Gasteiger partial charge is 0.126 e. The van der Waals surface area contributed by atoms with Gasteiger partial charge in [-0.2, -0.15) is 0 Å². The van der Waals surface area contributed by atoms with Crippen LogP contribution in [-0.2, 0) is 13.0 Å². The molecular formula is C14H15FOS. The van der Waals surface area contributed by atoms with Crippen LogP contribution in [0, 0.1) is 12.7 Å².